The molecule has 1 aromatic carbocycles. The molecule has 5 nitrogen and oxygen atoms in total. The molecule has 1 aromatic heterocycles. The van der Waals surface area contributed by atoms with Crippen molar-refractivity contribution in [3.8, 4) is 11.3 Å². The van der Waals surface area contributed by atoms with E-state index in [-0.39, 0.29) is 5.95 Å². The summed E-state index contributed by atoms with van der Waals surface area (Å²) >= 11 is 0. The zero-order valence-corrected chi connectivity index (χ0v) is 11.6. The maximum Gasteiger partial charge on any atom is 0.220 e. The van der Waals surface area contributed by atoms with Crippen LogP contribution in [0.15, 0.2) is 41.4 Å². The fourth-order valence-corrected chi connectivity index (χ4v) is 2.68. The molecule has 0 aliphatic carbocycles. The number of sulfone groups is 1. The van der Waals surface area contributed by atoms with Crippen molar-refractivity contribution in [2.75, 3.05) is 5.73 Å². The van der Waals surface area contributed by atoms with Crippen molar-refractivity contribution >= 4 is 15.8 Å². The van der Waals surface area contributed by atoms with Gasteiger partial charge >= 0.3 is 0 Å². The third-order valence-electron chi connectivity index (χ3n) is 2.77. The molecule has 6 heteroatoms. The molecule has 0 atom stereocenters. The molecule has 0 saturated heterocycles. The number of anilines is 1. The van der Waals surface area contributed by atoms with Crippen LogP contribution in [0.3, 0.4) is 0 Å². The Kier molecular flexibility index (Phi) is 3.53. The first-order valence-corrected chi connectivity index (χ1v) is 7.39. The zero-order chi connectivity index (χ0) is 14.0. The molecule has 0 unspecified atom stereocenters. The number of benzene rings is 1. The van der Waals surface area contributed by atoms with E-state index in [1.165, 1.54) is 0 Å². The maximum atomic E-state index is 12.0. The molecule has 1 heterocycles. The van der Waals surface area contributed by atoms with Gasteiger partial charge in [-0.2, -0.15) is 0 Å². The van der Waals surface area contributed by atoms with Gasteiger partial charge in [-0.1, -0.05) is 12.1 Å². The van der Waals surface area contributed by atoms with E-state index in [0.717, 1.165) is 5.56 Å². The Morgan fingerprint density at radius 1 is 1.11 bits per heavy atom. The summed E-state index contributed by atoms with van der Waals surface area (Å²) in [6.45, 7) is 3.32. The summed E-state index contributed by atoms with van der Waals surface area (Å²) in [6, 6.07) is 8.34. The van der Waals surface area contributed by atoms with Crippen molar-refractivity contribution in [2.24, 2.45) is 0 Å². The molecule has 0 saturated carbocycles. The van der Waals surface area contributed by atoms with E-state index >= 15 is 0 Å². The van der Waals surface area contributed by atoms with Gasteiger partial charge in [-0.25, -0.2) is 18.4 Å². The van der Waals surface area contributed by atoms with E-state index in [1.54, 1.807) is 50.4 Å². The van der Waals surface area contributed by atoms with Gasteiger partial charge in [0.15, 0.2) is 9.84 Å². The zero-order valence-electron chi connectivity index (χ0n) is 10.7. The first-order chi connectivity index (χ1) is 8.91. The first kappa shape index (κ1) is 13.5. The lowest BCUT2D eigenvalue weighted by atomic mass is 10.1. The molecule has 0 spiro atoms. The summed E-state index contributed by atoms with van der Waals surface area (Å²) < 4.78 is 24.0. The molecule has 0 bridgehead atoms. The molecule has 2 aromatic rings. The lowest BCUT2D eigenvalue weighted by molar-refractivity contribution is 0.587. The fourth-order valence-electron chi connectivity index (χ4n) is 1.62. The van der Waals surface area contributed by atoms with Crippen LogP contribution in [-0.4, -0.2) is 23.6 Å². The van der Waals surface area contributed by atoms with Gasteiger partial charge in [0.2, 0.25) is 5.95 Å². The minimum atomic E-state index is -3.24. The van der Waals surface area contributed by atoms with E-state index in [1.807, 2.05) is 0 Å². The number of hydrogen-bond donors (Lipinski definition) is 1. The third kappa shape index (κ3) is 2.73. The van der Waals surface area contributed by atoms with Gasteiger partial charge in [0, 0.05) is 11.8 Å². The van der Waals surface area contributed by atoms with Crippen LogP contribution < -0.4 is 5.73 Å². The monoisotopic (exact) mass is 277 g/mol. The molecular weight excluding hydrogens is 262 g/mol. The van der Waals surface area contributed by atoms with Gasteiger partial charge in [-0.15, -0.1) is 0 Å². The van der Waals surface area contributed by atoms with Gasteiger partial charge in [0.05, 0.1) is 15.8 Å². The van der Waals surface area contributed by atoms with Crippen LogP contribution >= 0.6 is 0 Å². The highest BCUT2D eigenvalue weighted by Crippen LogP contribution is 2.21. The molecule has 2 N–H and O–H groups in total. The summed E-state index contributed by atoms with van der Waals surface area (Å²) in [5.41, 5.74) is 6.99. The van der Waals surface area contributed by atoms with Gasteiger partial charge in [-0.3, -0.25) is 0 Å². The Morgan fingerprint density at radius 3 is 2.26 bits per heavy atom. The fraction of sp³-hybridized carbons (Fsp3) is 0.231. The van der Waals surface area contributed by atoms with E-state index in [4.69, 9.17) is 5.73 Å². The Labute approximate surface area is 112 Å². The molecule has 0 amide bonds. The molecule has 100 valence electrons. The Balaban J connectivity index is 2.39. The summed E-state index contributed by atoms with van der Waals surface area (Å²) in [5.74, 6) is 0.191. The van der Waals surface area contributed by atoms with Crippen LogP contribution in [0.1, 0.15) is 13.8 Å². The second-order valence-corrected chi connectivity index (χ2v) is 6.92. The molecule has 0 aliphatic heterocycles. The van der Waals surface area contributed by atoms with Crippen LogP contribution in [-0.2, 0) is 9.84 Å². The van der Waals surface area contributed by atoms with Gasteiger partial charge in [0.25, 0.3) is 0 Å². The first-order valence-electron chi connectivity index (χ1n) is 5.84. The average molecular weight is 277 g/mol. The second kappa shape index (κ2) is 4.97. The SMILES string of the molecule is CC(C)S(=O)(=O)c1ccc(-c2ccnc(N)n2)cc1. The number of hydrogen-bond acceptors (Lipinski definition) is 5. The maximum absolute atomic E-state index is 12.0. The van der Waals surface area contributed by atoms with Gasteiger partial charge in [-0.05, 0) is 32.0 Å². The van der Waals surface area contributed by atoms with Crippen molar-refractivity contribution in [1.29, 1.82) is 0 Å². The minimum Gasteiger partial charge on any atom is -0.368 e. The summed E-state index contributed by atoms with van der Waals surface area (Å²) in [5, 5.41) is -0.437. The highest BCUT2D eigenvalue weighted by atomic mass is 32.2. The van der Waals surface area contributed by atoms with E-state index in [9.17, 15) is 8.42 Å². The third-order valence-corrected chi connectivity index (χ3v) is 4.94. The summed E-state index contributed by atoms with van der Waals surface area (Å²) in [6.07, 6.45) is 1.57. The number of nitrogens with two attached hydrogens (primary N) is 1. The van der Waals surface area contributed by atoms with E-state index < -0.39 is 15.1 Å². The summed E-state index contributed by atoms with van der Waals surface area (Å²) in [7, 11) is -3.24. The molecule has 0 radical (unpaired) electrons. The van der Waals surface area contributed by atoms with Crippen LogP contribution in [0.4, 0.5) is 5.95 Å². The number of nitrogens with zero attached hydrogens (tertiary/aromatic N) is 2. The van der Waals surface area contributed by atoms with Gasteiger partial charge < -0.3 is 5.73 Å². The van der Waals surface area contributed by atoms with Crippen LogP contribution in [0.25, 0.3) is 11.3 Å². The van der Waals surface area contributed by atoms with E-state index in [0.29, 0.717) is 10.6 Å². The van der Waals surface area contributed by atoms with Crippen LogP contribution in [0, 0.1) is 0 Å². The standard InChI is InChI=1S/C13H15N3O2S/c1-9(2)19(17,18)11-5-3-10(4-6-11)12-7-8-15-13(14)16-12/h3-9H,1-2H3,(H2,14,15,16). The van der Waals surface area contributed by atoms with Crippen molar-refractivity contribution in [3.63, 3.8) is 0 Å². The van der Waals surface area contributed by atoms with Crippen molar-refractivity contribution in [2.45, 2.75) is 24.0 Å². The topological polar surface area (TPSA) is 85.9 Å². The van der Waals surface area contributed by atoms with Gasteiger partial charge in [0.1, 0.15) is 0 Å². The molecule has 0 fully saturated rings. The van der Waals surface area contributed by atoms with Crippen molar-refractivity contribution in [3.05, 3.63) is 36.5 Å². The molecule has 0 aliphatic rings. The summed E-state index contributed by atoms with van der Waals surface area (Å²) in [4.78, 5) is 8.22. The molecule has 19 heavy (non-hydrogen) atoms. The molecule has 2 rings (SSSR count). The quantitative estimate of drug-likeness (QED) is 0.926. The minimum absolute atomic E-state index is 0.191. The lowest BCUT2D eigenvalue weighted by Crippen LogP contribution is -2.13. The Hall–Kier alpha value is -1.95. The average Bonchev–Trinajstić information content (AvgIpc) is 2.38. The van der Waals surface area contributed by atoms with Crippen molar-refractivity contribution < 1.29 is 8.42 Å². The lowest BCUT2D eigenvalue weighted by Gasteiger charge is -2.08. The number of rotatable bonds is 3. The van der Waals surface area contributed by atoms with Crippen LogP contribution in [0.2, 0.25) is 0 Å². The highest BCUT2D eigenvalue weighted by Gasteiger charge is 2.18. The predicted octanol–water partition coefficient (Wildman–Crippen LogP) is 1.91. The Bertz CT molecular complexity index is 679. The molecular formula is C13H15N3O2S. The number of nitrogen functional groups attached to an aromatic ring is 1. The largest absolute Gasteiger partial charge is 0.368 e. The second-order valence-electron chi connectivity index (χ2n) is 4.42. The van der Waals surface area contributed by atoms with Crippen LogP contribution in [0.5, 0.6) is 0 Å². The number of aromatic nitrogens is 2. The highest BCUT2D eigenvalue weighted by molar-refractivity contribution is 7.92. The Morgan fingerprint density at radius 2 is 1.74 bits per heavy atom. The predicted molar refractivity (Wildman–Crippen MR) is 74.2 cm³/mol. The normalized spacial score (nSPS) is 11.7. The van der Waals surface area contributed by atoms with Crippen molar-refractivity contribution in [1.82, 2.24) is 9.97 Å². The van der Waals surface area contributed by atoms with E-state index in [2.05, 4.69) is 9.97 Å². The smallest absolute Gasteiger partial charge is 0.220 e.